The van der Waals surface area contributed by atoms with Crippen LogP contribution in [0.15, 0.2) is 16.0 Å². The minimum atomic E-state index is -0.676. The maximum atomic E-state index is 12.8. The Kier molecular flexibility index (Phi) is 5.50. The molecule has 0 aliphatic heterocycles. The molecule has 0 saturated heterocycles. The van der Waals surface area contributed by atoms with Crippen LogP contribution in [-0.2, 0) is 16.3 Å². The van der Waals surface area contributed by atoms with Crippen LogP contribution in [-0.4, -0.2) is 45.8 Å². The van der Waals surface area contributed by atoms with E-state index in [9.17, 15) is 9.59 Å². The zero-order valence-electron chi connectivity index (χ0n) is 15.9. The van der Waals surface area contributed by atoms with E-state index in [1.807, 2.05) is 0 Å². The fraction of sp³-hybridized carbons (Fsp3) is 0.444. The van der Waals surface area contributed by atoms with E-state index >= 15 is 0 Å². The molecule has 8 nitrogen and oxygen atoms in total. The first-order chi connectivity index (χ1) is 12.1. The van der Waals surface area contributed by atoms with Crippen molar-refractivity contribution in [3.63, 3.8) is 0 Å². The summed E-state index contributed by atoms with van der Waals surface area (Å²) < 4.78 is 6.49. The molecule has 0 radical (unpaired) electrons. The molecule has 0 spiro atoms. The largest absolute Gasteiger partial charge is 0.443 e. The highest BCUT2D eigenvalue weighted by molar-refractivity contribution is 5.82. The summed E-state index contributed by atoms with van der Waals surface area (Å²) in [7, 11) is 3.60. The van der Waals surface area contributed by atoms with Crippen molar-refractivity contribution in [2.45, 2.75) is 34.4 Å². The predicted molar refractivity (Wildman–Crippen MR) is 100 cm³/mol. The van der Waals surface area contributed by atoms with Crippen molar-refractivity contribution in [1.82, 2.24) is 19.4 Å². The minimum absolute atomic E-state index is 0.136. The Morgan fingerprint density at radius 2 is 2.15 bits per heavy atom. The minimum Gasteiger partial charge on any atom is -0.443 e. The maximum absolute atomic E-state index is 12.8. The fourth-order valence-electron chi connectivity index (χ4n) is 2.03. The van der Waals surface area contributed by atoms with Crippen LogP contribution in [0.5, 0.6) is 0 Å². The first kappa shape index (κ1) is 19.2. The first-order valence-corrected chi connectivity index (χ1v) is 8.07. The van der Waals surface area contributed by atoms with Crippen LogP contribution in [0.2, 0.25) is 0 Å². The molecule has 0 saturated carbocycles. The van der Waals surface area contributed by atoms with Crippen LogP contribution in [0.3, 0.4) is 0 Å². The average Bonchev–Trinajstić information content (AvgIpc) is 2.94. The van der Waals surface area contributed by atoms with Crippen molar-refractivity contribution in [3.05, 3.63) is 22.1 Å². The number of aliphatic imine (C=N–C) groups is 1. The Hall–Kier alpha value is -3.08. The summed E-state index contributed by atoms with van der Waals surface area (Å²) in [5.74, 6) is 5.40. The van der Waals surface area contributed by atoms with Gasteiger partial charge in [0.15, 0.2) is 6.73 Å². The van der Waals surface area contributed by atoms with Crippen molar-refractivity contribution in [2.24, 2.45) is 10.4 Å². The Balaban J connectivity index is 2.57. The van der Waals surface area contributed by atoms with Gasteiger partial charge < -0.3 is 14.6 Å². The molecule has 2 aromatic heterocycles. The van der Waals surface area contributed by atoms with Gasteiger partial charge in [-0.3, -0.25) is 9.59 Å². The molecule has 2 heterocycles. The van der Waals surface area contributed by atoms with E-state index in [-0.39, 0.29) is 18.2 Å². The molecule has 2 rings (SSSR count). The van der Waals surface area contributed by atoms with Crippen LogP contribution in [0, 0.1) is 17.3 Å². The number of fused-ring (bicyclic) bond motifs is 1. The molecule has 1 N–H and O–H groups in total. The Morgan fingerprint density at radius 1 is 1.46 bits per heavy atom. The van der Waals surface area contributed by atoms with Gasteiger partial charge in [0, 0.05) is 20.3 Å². The van der Waals surface area contributed by atoms with Crippen molar-refractivity contribution in [1.29, 1.82) is 0 Å². The number of carbonyl (C=O) groups is 1. The summed E-state index contributed by atoms with van der Waals surface area (Å²) in [6.45, 7) is 6.66. The highest BCUT2D eigenvalue weighted by Crippen LogP contribution is 2.19. The molecule has 0 aliphatic carbocycles. The van der Waals surface area contributed by atoms with E-state index < -0.39 is 11.4 Å². The van der Waals surface area contributed by atoms with E-state index in [2.05, 4.69) is 26.8 Å². The van der Waals surface area contributed by atoms with Gasteiger partial charge in [-0.05, 0) is 27.7 Å². The zero-order valence-corrected chi connectivity index (χ0v) is 15.9. The van der Waals surface area contributed by atoms with Crippen LogP contribution < -0.4 is 5.56 Å². The fourth-order valence-corrected chi connectivity index (χ4v) is 2.03. The second-order valence-corrected chi connectivity index (χ2v) is 6.97. The van der Waals surface area contributed by atoms with Crippen molar-refractivity contribution < 1.29 is 9.53 Å². The van der Waals surface area contributed by atoms with Gasteiger partial charge in [0.05, 0.1) is 17.3 Å². The third-order valence-corrected chi connectivity index (χ3v) is 3.37. The second-order valence-electron chi connectivity index (χ2n) is 6.97. The van der Waals surface area contributed by atoms with Gasteiger partial charge in [0.1, 0.15) is 11.0 Å². The quantitative estimate of drug-likeness (QED) is 0.390. The smallest absolute Gasteiger partial charge is 0.312 e. The lowest BCUT2D eigenvalue weighted by Gasteiger charge is -2.17. The van der Waals surface area contributed by atoms with Crippen molar-refractivity contribution in [2.75, 3.05) is 14.1 Å². The SMILES string of the molecule is CC#Cc1c[nH]c2c(=O)n(COC(=O)C(C)(C)C)c(/N=C/N(C)C)nc12. The maximum Gasteiger partial charge on any atom is 0.312 e. The lowest BCUT2D eigenvalue weighted by molar-refractivity contribution is -0.157. The van der Waals surface area contributed by atoms with Gasteiger partial charge >= 0.3 is 5.97 Å². The predicted octanol–water partition coefficient (Wildman–Crippen LogP) is 1.86. The topological polar surface area (TPSA) is 92.6 Å². The van der Waals surface area contributed by atoms with E-state index in [1.165, 1.54) is 10.9 Å². The molecule has 138 valence electrons. The summed E-state index contributed by atoms with van der Waals surface area (Å²) in [6, 6.07) is 0. The molecule has 0 atom stereocenters. The highest BCUT2D eigenvalue weighted by Gasteiger charge is 2.24. The van der Waals surface area contributed by atoms with E-state index in [0.717, 1.165) is 0 Å². The summed E-state index contributed by atoms with van der Waals surface area (Å²) in [5.41, 5.74) is 0.281. The third kappa shape index (κ3) is 4.11. The highest BCUT2D eigenvalue weighted by atomic mass is 16.5. The molecule has 0 fully saturated rings. The second kappa shape index (κ2) is 7.44. The normalized spacial score (nSPS) is 11.5. The van der Waals surface area contributed by atoms with Gasteiger partial charge in [-0.25, -0.2) is 14.5 Å². The lowest BCUT2D eigenvalue weighted by Crippen LogP contribution is -2.28. The monoisotopic (exact) mass is 357 g/mol. The van der Waals surface area contributed by atoms with Gasteiger partial charge in [0.2, 0.25) is 5.95 Å². The van der Waals surface area contributed by atoms with Crippen molar-refractivity contribution >= 4 is 29.3 Å². The molecule has 0 unspecified atom stereocenters. The number of hydrogen-bond acceptors (Lipinski definition) is 5. The summed E-state index contributed by atoms with van der Waals surface area (Å²) in [6.07, 6.45) is 3.15. The summed E-state index contributed by atoms with van der Waals surface area (Å²) in [4.78, 5) is 38.2. The Bertz CT molecular complexity index is 965. The molecular weight excluding hydrogens is 334 g/mol. The Morgan fingerprint density at radius 3 is 2.73 bits per heavy atom. The van der Waals surface area contributed by atoms with Gasteiger partial charge in [-0.15, -0.1) is 5.92 Å². The molecule has 0 aromatic carbocycles. The number of esters is 1. The van der Waals surface area contributed by atoms with Gasteiger partial charge in [0.25, 0.3) is 5.56 Å². The average molecular weight is 357 g/mol. The standard InChI is InChI=1S/C18H23N5O3/c1-7-8-12-9-19-14-13(12)21-17(20-10-22(5)6)23(15(14)24)11-26-16(25)18(2,3)4/h9-10,19H,11H2,1-6H3/b20-10+. The first-order valence-electron chi connectivity index (χ1n) is 8.07. The number of aromatic amines is 1. The number of rotatable bonds is 4. The zero-order chi connectivity index (χ0) is 19.5. The molecular formula is C18H23N5O3. The molecule has 0 bridgehead atoms. The van der Waals surface area contributed by atoms with Crippen LogP contribution >= 0.6 is 0 Å². The van der Waals surface area contributed by atoms with Gasteiger partial charge in [-0.2, -0.15) is 0 Å². The molecule has 2 aromatic rings. The number of H-pyrrole nitrogens is 1. The van der Waals surface area contributed by atoms with Crippen LogP contribution in [0.1, 0.15) is 33.3 Å². The lowest BCUT2D eigenvalue weighted by atomic mass is 9.98. The summed E-state index contributed by atoms with van der Waals surface area (Å²) >= 11 is 0. The third-order valence-electron chi connectivity index (χ3n) is 3.37. The van der Waals surface area contributed by atoms with Crippen LogP contribution in [0.4, 0.5) is 5.95 Å². The number of nitrogens with one attached hydrogen (secondary N) is 1. The summed E-state index contributed by atoms with van der Waals surface area (Å²) in [5, 5.41) is 0. The van der Waals surface area contributed by atoms with Gasteiger partial charge in [-0.1, -0.05) is 5.92 Å². The molecule has 26 heavy (non-hydrogen) atoms. The van der Waals surface area contributed by atoms with E-state index in [1.54, 1.807) is 52.9 Å². The van der Waals surface area contributed by atoms with E-state index in [4.69, 9.17) is 4.74 Å². The number of aromatic nitrogens is 3. The number of nitrogens with zero attached hydrogens (tertiary/aromatic N) is 4. The number of carbonyl (C=O) groups excluding carboxylic acids is 1. The van der Waals surface area contributed by atoms with Crippen molar-refractivity contribution in [3.8, 4) is 11.8 Å². The molecule has 0 aliphatic rings. The number of hydrogen-bond donors (Lipinski definition) is 1. The molecule has 0 amide bonds. The Labute approximate surface area is 151 Å². The molecule has 8 heteroatoms. The number of ether oxygens (including phenoxy) is 1. The van der Waals surface area contributed by atoms with Crippen LogP contribution in [0.25, 0.3) is 11.0 Å². The van der Waals surface area contributed by atoms with E-state index in [0.29, 0.717) is 16.6 Å².